The van der Waals surface area contributed by atoms with Crippen LogP contribution in [0.3, 0.4) is 0 Å². The van der Waals surface area contributed by atoms with Crippen LogP contribution < -0.4 is 5.32 Å². The molecule has 2 aliphatic heterocycles. The quantitative estimate of drug-likeness (QED) is 0.839. The maximum atomic E-state index is 12.3. The second-order valence-electron chi connectivity index (χ2n) is 6.15. The summed E-state index contributed by atoms with van der Waals surface area (Å²) in [6.07, 6.45) is 3.33. The van der Waals surface area contributed by atoms with Gasteiger partial charge in [0.05, 0.1) is 12.7 Å². The Morgan fingerprint density at radius 2 is 2.41 bits per heavy atom. The minimum Gasteiger partial charge on any atom is -0.396 e. The van der Waals surface area contributed by atoms with Crippen LogP contribution in [0, 0.1) is 6.92 Å². The lowest BCUT2D eigenvalue weighted by Gasteiger charge is -2.34. The van der Waals surface area contributed by atoms with Crippen molar-refractivity contribution >= 4 is 5.91 Å². The first-order valence-electron chi connectivity index (χ1n) is 7.86. The highest BCUT2D eigenvalue weighted by atomic mass is 16.5. The molecule has 3 heterocycles. The van der Waals surface area contributed by atoms with Gasteiger partial charge in [-0.05, 0) is 31.4 Å². The Balaban J connectivity index is 1.57. The van der Waals surface area contributed by atoms with Crippen molar-refractivity contribution in [2.24, 2.45) is 0 Å². The number of hydrogen-bond acceptors (Lipinski definition) is 5. The summed E-state index contributed by atoms with van der Waals surface area (Å²) in [5.74, 6) is -0.101. The minimum absolute atomic E-state index is 0.101. The number of pyridine rings is 1. The van der Waals surface area contributed by atoms with Gasteiger partial charge in [0.15, 0.2) is 0 Å². The molecule has 0 spiro atoms. The van der Waals surface area contributed by atoms with Gasteiger partial charge in [-0.3, -0.25) is 14.7 Å². The first kappa shape index (κ1) is 15.4. The number of nitrogens with one attached hydrogen (secondary N) is 1. The summed E-state index contributed by atoms with van der Waals surface area (Å²) >= 11 is 0. The highest BCUT2D eigenvalue weighted by molar-refractivity contribution is 5.93. The van der Waals surface area contributed by atoms with Crippen LogP contribution in [0.1, 0.15) is 28.9 Å². The molecule has 3 atom stereocenters. The van der Waals surface area contributed by atoms with E-state index in [0.29, 0.717) is 24.8 Å². The van der Waals surface area contributed by atoms with Crippen molar-refractivity contribution in [3.05, 3.63) is 29.6 Å². The number of aromatic nitrogens is 1. The van der Waals surface area contributed by atoms with Crippen molar-refractivity contribution in [3.8, 4) is 0 Å². The Morgan fingerprint density at radius 1 is 1.55 bits per heavy atom. The monoisotopic (exact) mass is 305 g/mol. The topological polar surface area (TPSA) is 74.7 Å². The lowest BCUT2D eigenvalue weighted by atomic mass is 10.1. The molecule has 120 valence electrons. The minimum atomic E-state index is -0.101. The molecule has 6 heteroatoms. The standard InChI is InChI=1S/C16H23N3O3/c1-11-3-2-5-17-15(11)16(21)18-12-7-13-10-22-14(4-6-20)9-19(13)8-12/h2-3,5,12-14,20H,4,6-10H2,1H3,(H,18,21)/t12-,13+,14+/m1/s1. The Bertz CT molecular complexity index is 537. The molecule has 3 rings (SSSR count). The average molecular weight is 305 g/mol. The molecule has 2 N–H and O–H groups in total. The molecule has 6 nitrogen and oxygen atoms in total. The second-order valence-corrected chi connectivity index (χ2v) is 6.15. The number of amides is 1. The zero-order valence-corrected chi connectivity index (χ0v) is 12.9. The molecule has 1 aromatic rings. The Morgan fingerprint density at radius 3 is 3.18 bits per heavy atom. The fourth-order valence-corrected chi connectivity index (χ4v) is 3.34. The van der Waals surface area contributed by atoms with E-state index in [-0.39, 0.29) is 24.7 Å². The number of carbonyl (C=O) groups is 1. The maximum absolute atomic E-state index is 12.3. The van der Waals surface area contributed by atoms with Crippen molar-refractivity contribution < 1.29 is 14.6 Å². The predicted octanol–water partition coefficient (Wildman–Crippen LogP) is 0.344. The lowest BCUT2D eigenvalue weighted by Crippen LogP contribution is -2.46. The van der Waals surface area contributed by atoms with Gasteiger partial charge >= 0.3 is 0 Å². The van der Waals surface area contributed by atoms with Crippen LogP contribution in [0.5, 0.6) is 0 Å². The second kappa shape index (κ2) is 6.73. The molecule has 0 saturated carbocycles. The van der Waals surface area contributed by atoms with Crippen LogP contribution in [-0.4, -0.2) is 65.4 Å². The number of fused-ring (bicyclic) bond motifs is 1. The Hall–Kier alpha value is -1.50. The summed E-state index contributed by atoms with van der Waals surface area (Å²) in [6.45, 7) is 4.41. The van der Waals surface area contributed by atoms with Gasteiger partial charge in [-0.2, -0.15) is 0 Å². The smallest absolute Gasteiger partial charge is 0.270 e. The van der Waals surface area contributed by atoms with E-state index in [0.717, 1.165) is 25.1 Å². The molecule has 2 saturated heterocycles. The fourth-order valence-electron chi connectivity index (χ4n) is 3.34. The lowest BCUT2D eigenvalue weighted by molar-refractivity contribution is -0.0566. The zero-order valence-electron chi connectivity index (χ0n) is 12.9. The van der Waals surface area contributed by atoms with Crippen molar-refractivity contribution in [1.82, 2.24) is 15.2 Å². The molecule has 0 aromatic carbocycles. The van der Waals surface area contributed by atoms with Crippen LogP contribution in [-0.2, 0) is 4.74 Å². The first-order chi connectivity index (χ1) is 10.7. The van der Waals surface area contributed by atoms with Crippen LogP contribution >= 0.6 is 0 Å². The Labute approximate surface area is 130 Å². The normalized spacial score (nSPS) is 28.4. The van der Waals surface area contributed by atoms with E-state index in [1.165, 1.54) is 0 Å². The number of ether oxygens (including phenoxy) is 1. The van der Waals surface area contributed by atoms with Gasteiger partial charge < -0.3 is 15.2 Å². The number of aryl methyl sites for hydroxylation is 1. The van der Waals surface area contributed by atoms with E-state index < -0.39 is 0 Å². The highest BCUT2D eigenvalue weighted by Gasteiger charge is 2.37. The molecule has 0 bridgehead atoms. The van der Waals surface area contributed by atoms with Crippen molar-refractivity contribution in [1.29, 1.82) is 0 Å². The molecular formula is C16H23N3O3. The van der Waals surface area contributed by atoms with Gasteiger partial charge in [0.25, 0.3) is 5.91 Å². The molecule has 0 unspecified atom stereocenters. The predicted molar refractivity (Wildman–Crippen MR) is 81.6 cm³/mol. The average Bonchev–Trinajstić information content (AvgIpc) is 2.89. The third-order valence-electron chi connectivity index (χ3n) is 4.50. The summed E-state index contributed by atoms with van der Waals surface area (Å²) in [5.41, 5.74) is 1.39. The number of rotatable bonds is 4. The SMILES string of the molecule is Cc1cccnc1C(=O)N[C@@H]1C[C@H]2CO[C@@H](CCO)CN2C1. The largest absolute Gasteiger partial charge is 0.396 e. The fraction of sp³-hybridized carbons (Fsp3) is 0.625. The van der Waals surface area contributed by atoms with E-state index in [2.05, 4.69) is 15.2 Å². The van der Waals surface area contributed by atoms with Crippen LogP contribution in [0.2, 0.25) is 0 Å². The molecule has 22 heavy (non-hydrogen) atoms. The number of carbonyl (C=O) groups excluding carboxylic acids is 1. The van der Waals surface area contributed by atoms with Gasteiger partial charge in [-0.1, -0.05) is 6.07 Å². The number of aliphatic hydroxyl groups is 1. The maximum Gasteiger partial charge on any atom is 0.270 e. The highest BCUT2D eigenvalue weighted by Crippen LogP contribution is 2.24. The number of morpholine rings is 1. The van der Waals surface area contributed by atoms with Crippen molar-refractivity contribution in [2.75, 3.05) is 26.3 Å². The summed E-state index contributed by atoms with van der Waals surface area (Å²) in [6, 6.07) is 4.23. The Kier molecular flexibility index (Phi) is 4.71. The van der Waals surface area contributed by atoms with Crippen LogP contribution in [0.25, 0.3) is 0 Å². The molecular weight excluding hydrogens is 282 g/mol. The zero-order chi connectivity index (χ0) is 15.5. The van der Waals surface area contributed by atoms with Crippen molar-refractivity contribution in [3.63, 3.8) is 0 Å². The molecule has 1 amide bonds. The van der Waals surface area contributed by atoms with E-state index in [9.17, 15) is 4.79 Å². The first-order valence-corrected chi connectivity index (χ1v) is 7.86. The van der Waals surface area contributed by atoms with Crippen LogP contribution in [0.4, 0.5) is 0 Å². The number of nitrogens with zero attached hydrogens (tertiary/aromatic N) is 2. The van der Waals surface area contributed by atoms with Gasteiger partial charge in [0.1, 0.15) is 5.69 Å². The molecule has 2 aliphatic rings. The number of hydrogen-bond donors (Lipinski definition) is 2. The molecule has 0 radical (unpaired) electrons. The van der Waals surface area contributed by atoms with E-state index >= 15 is 0 Å². The van der Waals surface area contributed by atoms with Gasteiger partial charge in [-0.15, -0.1) is 0 Å². The number of aliphatic hydroxyl groups excluding tert-OH is 1. The summed E-state index contributed by atoms with van der Waals surface area (Å²) < 4.78 is 5.76. The van der Waals surface area contributed by atoms with E-state index in [1.54, 1.807) is 6.20 Å². The summed E-state index contributed by atoms with van der Waals surface area (Å²) in [4.78, 5) is 18.9. The molecule has 2 fully saturated rings. The third kappa shape index (κ3) is 3.29. The van der Waals surface area contributed by atoms with E-state index in [4.69, 9.17) is 9.84 Å². The summed E-state index contributed by atoms with van der Waals surface area (Å²) in [7, 11) is 0. The van der Waals surface area contributed by atoms with Gasteiger partial charge in [0, 0.05) is 38.0 Å². The van der Waals surface area contributed by atoms with Gasteiger partial charge in [0.2, 0.25) is 0 Å². The van der Waals surface area contributed by atoms with Crippen LogP contribution in [0.15, 0.2) is 18.3 Å². The molecule has 1 aromatic heterocycles. The third-order valence-corrected chi connectivity index (χ3v) is 4.50. The van der Waals surface area contributed by atoms with Crippen molar-refractivity contribution in [2.45, 2.75) is 38.0 Å². The van der Waals surface area contributed by atoms with E-state index in [1.807, 2.05) is 19.1 Å². The summed E-state index contributed by atoms with van der Waals surface area (Å²) in [5, 5.41) is 12.1. The van der Waals surface area contributed by atoms with Gasteiger partial charge in [-0.25, -0.2) is 0 Å². The molecule has 0 aliphatic carbocycles.